The number of halogens is 1. The number of carbonyl (C=O) groups is 3. The Balaban J connectivity index is 1.94. The fourth-order valence-corrected chi connectivity index (χ4v) is 4.98. The second-order valence-corrected chi connectivity index (χ2v) is 8.79. The number of aliphatic hydroxyl groups is 1. The van der Waals surface area contributed by atoms with Gasteiger partial charge in [0, 0.05) is 5.56 Å². The fraction of sp³-hybridized carbons (Fsp3) is 0.200. The number of esters is 1. The molecule has 3 aromatic rings. The van der Waals surface area contributed by atoms with E-state index in [1.54, 1.807) is 38.1 Å². The van der Waals surface area contributed by atoms with E-state index in [4.69, 9.17) is 9.47 Å². The van der Waals surface area contributed by atoms with Gasteiger partial charge in [-0.05, 0) is 55.3 Å². The van der Waals surface area contributed by atoms with Gasteiger partial charge >= 0.3 is 11.9 Å². The van der Waals surface area contributed by atoms with Crippen LogP contribution in [0.5, 0.6) is 5.75 Å². The highest BCUT2D eigenvalue weighted by Crippen LogP contribution is 2.44. The third kappa shape index (κ3) is 4.17. The summed E-state index contributed by atoms with van der Waals surface area (Å²) in [7, 11) is 2.73. The van der Waals surface area contributed by atoms with Crippen LogP contribution in [0, 0.1) is 19.7 Å². The van der Waals surface area contributed by atoms with Crippen molar-refractivity contribution in [1.29, 1.82) is 0 Å². The molecule has 2 aromatic carbocycles. The first-order valence-corrected chi connectivity index (χ1v) is 11.3. The number of nitrogens with zero attached hydrogens (tertiary/aromatic N) is 2. The number of aryl methyl sites for hydroxylation is 2. The molecule has 1 N–H and O–H groups in total. The number of carbonyl (C=O) groups excluding carboxylic acids is 3. The molecular weight excluding hydrogens is 475 g/mol. The number of thiazole rings is 1. The average molecular weight is 497 g/mol. The van der Waals surface area contributed by atoms with Crippen molar-refractivity contribution in [1.82, 2.24) is 4.98 Å². The van der Waals surface area contributed by atoms with Gasteiger partial charge < -0.3 is 14.6 Å². The lowest BCUT2D eigenvalue weighted by Crippen LogP contribution is -2.29. The van der Waals surface area contributed by atoms with Crippen LogP contribution in [-0.2, 0) is 14.3 Å². The maximum Gasteiger partial charge on any atom is 0.350 e. The van der Waals surface area contributed by atoms with Crippen molar-refractivity contribution in [2.24, 2.45) is 0 Å². The van der Waals surface area contributed by atoms with Gasteiger partial charge in [0.1, 0.15) is 22.2 Å². The number of aromatic nitrogens is 1. The third-order valence-corrected chi connectivity index (χ3v) is 6.78. The fourth-order valence-electron chi connectivity index (χ4n) is 3.97. The number of aliphatic hydroxyl groups excluding tert-OH is 1. The van der Waals surface area contributed by atoms with Crippen molar-refractivity contribution in [3.05, 3.63) is 81.1 Å². The first kappa shape index (κ1) is 24.1. The van der Waals surface area contributed by atoms with Crippen molar-refractivity contribution in [2.45, 2.75) is 19.9 Å². The number of hydrogen-bond acceptors (Lipinski definition) is 8. The molecule has 1 aliphatic heterocycles. The van der Waals surface area contributed by atoms with Gasteiger partial charge in [-0.1, -0.05) is 23.5 Å². The van der Waals surface area contributed by atoms with Crippen LogP contribution < -0.4 is 9.64 Å². The third-order valence-electron chi connectivity index (χ3n) is 5.64. The lowest BCUT2D eigenvalue weighted by Gasteiger charge is -2.23. The minimum atomic E-state index is -1.18. The predicted molar refractivity (Wildman–Crippen MR) is 127 cm³/mol. The molecule has 1 atom stereocenters. The number of anilines is 1. The molecule has 1 aliphatic rings. The maximum absolute atomic E-state index is 14.2. The highest BCUT2D eigenvalue weighted by molar-refractivity contribution is 7.17. The normalized spacial score (nSPS) is 17.1. The summed E-state index contributed by atoms with van der Waals surface area (Å²) in [6.07, 6.45) is 0. The molecule has 0 bridgehead atoms. The summed E-state index contributed by atoms with van der Waals surface area (Å²) in [4.78, 5) is 44.1. The zero-order valence-corrected chi connectivity index (χ0v) is 20.1. The summed E-state index contributed by atoms with van der Waals surface area (Å²) >= 11 is 0.868. The summed E-state index contributed by atoms with van der Waals surface area (Å²) in [5.74, 6) is -2.99. The van der Waals surface area contributed by atoms with Gasteiger partial charge in [-0.3, -0.25) is 14.5 Å². The van der Waals surface area contributed by atoms with Crippen LogP contribution in [-0.4, -0.2) is 42.0 Å². The van der Waals surface area contributed by atoms with E-state index in [-0.39, 0.29) is 26.7 Å². The number of amides is 1. The Morgan fingerprint density at radius 3 is 2.51 bits per heavy atom. The molecule has 1 unspecified atom stereocenters. The van der Waals surface area contributed by atoms with E-state index >= 15 is 0 Å². The van der Waals surface area contributed by atoms with Crippen molar-refractivity contribution >= 4 is 39.9 Å². The SMILES string of the molecule is COC(=O)c1sc(N2C(=O)C(=O)C(=C(O)c3ccc(OC)c(C)c3)C2c2cccc(F)c2)nc1C. The molecule has 0 spiro atoms. The summed E-state index contributed by atoms with van der Waals surface area (Å²) in [6.45, 7) is 3.34. The van der Waals surface area contributed by atoms with Gasteiger partial charge in [-0.15, -0.1) is 0 Å². The Hall–Kier alpha value is -4.05. The van der Waals surface area contributed by atoms with E-state index in [1.165, 1.54) is 32.4 Å². The van der Waals surface area contributed by atoms with Crippen molar-refractivity contribution < 1.29 is 33.4 Å². The summed E-state index contributed by atoms with van der Waals surface area (Å²) in [5, 5.41) is 11.2. The van der Waals surface area contributed by atoms with E-state index < -0.39 is 35.3 Å². The molecule has 2 heterocycles. The van der Waals surface area contributed by atoms with Crippen LogP contribution in [0.3, 0.4) is 0 Å². The van der Waals surface area contributed by atoms with E-state index in [0.29, 0.717) is 17.0 Å². The summed E-state index contributed by atoms with van der Waals surface area (Å²) < 4.78 is 24.2. The second-order valence-electron chi connectivity index (χ2n) is 7.81. The van der Waals surface area contributed by atoms with Crippen molar-refractivity contribution in [2.75, 3.05) is 19.1 Å². The highest BCUT2D eigenvalue weighted by Gasteiger charge is 2.48. The van der Waals surface area contributed by atoms with Crippen LogP contribution >= 0.6 is 11.3 Å². The molecule has 0 radical (unpaired) electrons. The van der Waals surface area contributed by atoms with Crippen LogP contribution in [0.25, 0.3) is 5.76 Å². The predicted octanol–water partition coefficient (Wildman–Crippen LogP) is 4.32. The van der Waals surface area contributed by atoms with Gasteiger partial charge in [0.25, 0.3) is 5.78 Å². The zero-order valence-electron chi connectivity index (χ0n) is 19.3. The molecule has 10 heteroatoms. The topological polar surface area (TPSA) is 106 Å². The molecule has 1 amide bonds. The number of ether oxygens (including phenoxy) is 2. The zero-order chi connectivity index (χ0) is 25.4. The van der Waals surface area contributed by atoms with Crippen molar-refractivity contribution in [3.8, 4) is 5.75 Å². The average Bonchev–Trinajstić information content (AvgIpc) is 3.34. The van der Waals surface area contributed by atoms with Crippen LogP contribution in [0.15, 0.2) is 48.0 Å². The minimum absolute atomic E-state index is 0.0456. The molecule has 35 heavy (non-hydrogen) atoms. The number of rotatable bonds is 5. The van der Waals surface area contributed by atoms with Gasteiger partial charge in [-0.2, -0.15) is 0 Å². The monoisotopic (exact) mass is 496 g/mol. The Morgan fingerprint density at radius 2 is 1.89 bits per heavy atom. The first-order valence-electron chi connectivity index (χ1n) is 10.4. The number of methoxy groups -OCH3 is 2. The molecule has 1 fully saturated rings. The van der Waals surface area contributed by atoms with Crippen LogP contribution in [0.4, 0.5) is 9.52 Å². The molecule has 0 saturated carbocycles. The Bertz CT molecular complexity index is 1400. The molecule has 4 rings (SSSR count). The molecular formula is C25H21FN2O6S. The summed E-state index contributed by atoms with van der Waals surface area (Å²) in [6, 6.07) is 9.01. The van der Waals surface area contributed by atoms with Gasteiger partial charge in [0.15, 0.2) is 5.13 Å². The standard InChI is InChI=1S/C25H21FN2O6S/c1-12-10-15(8-9-17(12)33-3)20(29)18-19(14-6-5-7-16(26)11-14)28(23(31)21(18)30)25-27-13(2)22(35-25)24(32)34-4/h5-11,19,29H,1-4H3. The highest BCUT2D eigenvalue weighted by atomic mass is 32.1. The Labute approximate surface area is 204 Å². The van der Waals surface area contributed by atoms with E-state index in [1.807, 2.05) is 0 Å². The second kappa shape index (κ2) is 9.30. The van der Waals surface area contributed by atoms with Gasteiger partial charge in [-0.25, -0.2) is 14.2 Å². The lowest BCUT2D eigenvalue weighted by molar-refractivity contribution is -0.132. The molecule has 0 aliphatic carbocycles. The number of ketones is 1. The van der Waals surface area contributed by atoms with Gasteiger partial charge in [0.2, 0.25) is 0 Å². The van der Waals surface area contributed by atoms with E-state index in [2.05, 4.69) is 4.98 Å². The first-order chi connectivity index (χ1) is 16.7. The minimum Gasteiger partial charge on any atom is -0.507 e. The number of Topliss-reactive ketones (excluding diaryl/α,β-unsaturated/α-hetero) is 1. The maximum atomic E-state index is 14.2. The lowest BCUT2D eigenvalue weighted by atomic mass is 9.95. The van der Waals surface area contributed by atoms with E-state index in [9.17, 15) is 23.9 Å². The molecule has 8 nitrogen and oxygen atoms in total. The largest absolute Gasteiger partial charge is 0.507 e. The number of hydrogen-bond donors (Lipinski definition) is 1. The van der Waals surface area contributed by atoms with E-state index in [0.717, 1.165) is 16.2 Å². The van der Waals surface area contributed by atoms with Crippen molar-refractivity contribution in [3.63, 3.8) is 0 Å². The van der Waals surface area contributed by atoms with Gasteiger partial charge in [0.05, 0.1) is 31.5 Å². The van der Waals surface area contributed by atoms with Crippen LogP contribution in [0.1, 0.15) is 38.1 Å². The van der Waals surface area contributed by atoms with Crippen LogP contribution in [0.2, 0.25) is 0 Å². The Kier molecular flexibility index (Phi) is 6.40. The summed E-state index contributed by atoms with van der Waals surface area (Å²) in [5.41, 5.74) is 1.32. The number of benzene rings is 2. The smallest absolute Gasteiger partial charge is 0.350 e. The molecule has 1 saturated heterocycles. The molecule has 180 valence electrons. The molecule has 1 aromatic heterocycles. The quantitative estimate of drug-likeness (QED) is 0.243. The Morgan fingerprint density at radius 1 is 1.14 bits per heavy atom.